The van der Waals surface area contributed by atoms with Crippen LogP contribution in [0.4, 0.5) is 11.4 Å². The van der Waals surface area contributed by atoms with Crippen molar-refractivity contribution in [2.24, 2.45) is 5.92 Å². The maximum absolute atomic E-state index is 12.7. The first-order valence-corrected chi connectivity index (χ1v) is 10.9. The third kappa shape index (κ3) is 4.51. The Kier molecular flexibility index (Phi) is 6.25. The molecule has 1 amide bonds. The normalized spacial score (nSPS) is 15.6. The maximum atomic E-state index is 12.7. The zero-order valence-electron chi connectivity index (χ0n) is 18.7. The SMILES string of the molecule is CCOC(=O)c1cnn(-c2ccc(C(=O)Nc3ccc(N4CCC(C)C4)cc3)cc2)c1C. The molecule has 2 aromatic carbocycles. The van der Waals surface area contributed by atoms with E-state index < -0.39 is 5.97 Å². The van der Waals surface area contributed by atoms with Crippen LogP contribution in [0.2, 0.25) is 0 Å². The fourth-order valence-corrected chi connectivity index (χ4v) is 3.96. The molecule has 1 unspecified atom stereocenters. The van der Waals surface area contributed by atoms with Gasteiger partial charge in [0.25, 0.3) is 5.91 Å². The zero-order chi connectivity index (χ0) is 22.7. The van der Waals surface area contributed by atoms with Crippen LogP contribution in [-0.4, -0.2) is 41.4 Å². The zero-order valence-corrected chi connectivity index (χ0v) is 18.7. The number of aromatic nitrogens is 2. The molecule has 1 saturated heterocycles. The standard InChI is InChI=1S/C25H28N4O3/c1-4-32-25(31)23-15-26-29(18(23)3)22-9-5-19(6-10-22)24(30)27-20-7-11-21(12-8-20)28-14-13-17(2)16-28/h5-12,15,17H,4,13-14,16H2,1-3H3,(H,27,30). The van der Waals surface area contributed by atoms with Gasteiger partial charge in [0, 0.05) is 30.0 Å². The Hall–Kier alpha value is -3.61. The Morgan fingerprint density at radius 3 is 2.41 bits per heavy atom. The fourth-order valence-electron chi connectivity index (χ4n) is 3.96. The summed E-state index contributed by atoms with van der Waals surface area (Å²) in [5.74, 6) is 0.153. The van der Waals surface area contributed by atoms with Gasteiger partial charge in [-0.05, 0) is 74.7 Å². The van der Waals surface area contributed by atoms with Gasteiger partial charge in [-0.15, -0.1) is 0 Å². The molecule has 2 heterocycles. The Morgan fingerprint density at radius 1 is 1.09 bits per heavy atom. The number of nitrogens with zero attached hydrogens (tertiary/aromatic N) is 3. The Morgan fingerprint density at radius 2 is 1.78 bits per heavy atom. The van der Waals surface area contributed by atoms with E-state index in [4.69, 9.17) is 4.74 Å². The summed E-state index contributed by atoms with van der Waals surface area (Å²) in [7, 11) is 0. The molecule has 1 fully saturated rings. The van der Waals surface area contributed by atoms with Crippen LogP contribution in [-0.2, 0) is 4.74 Å². The van der Waals surface area contributed by atoms with E-state index in [1.54, 1.807) is 23.7 Å². The molecule has 32 heavy (non-hydrogen) atoms. The van der Waals surface area contributed by atoms with Crippen LogP contribution >= 0.6 is 0 Å². The number of amides is 1. The van der Waals surface area contributed by atoms with E-state index in [0.29, 0.717) is 23.4 Å². The molecule has 4 rings (SSSR count). The molecule has 0 radical (unpaired) electrons. The van der Waals surface area contributed by atoms with Gasteiger partial charge in [0.05, 0.1) is 24.2 Å². The molecular weight excluding hydrogens is 404 g/mol. The van der Waals surface area contributed by atoms with Gasteiger partial charge in [-0.1, -0.05) is 6.92 Å². The van der Waals surface area contributed by atoms with Crippen LogP contribution in [0.15, 0.2) is 54.7 Å². The Labute approximate surface area is 188 Å². The average Bonchev–Trinajstić information content (AvgIpc) is 3.40. The van der Waals surface area contributed by atoms with Crippen molar-refractivity contribution in [3.63, 3.8) is 0 Å². The Bertz CT molecular complexity index is 1100. The summed E-state index contributed by atoms with van der Waals surface area (Å²) in [6.07, 6.45) is 2.72. The molecule has 1 atom stereocenters. The highest BCUT2D eigenvalue weighted by Gasteiger charge is 2.19. The van der Waals surface area contributed by atoms with E-state index in [1.807, 2.05) is 31.2 Å². The van der Waals surface area contributed by atoms with Crippen molar-refractivity contribution >= 4 is 23.3 Å². The second kappa shape index (κ2) is 9.26. The maximum Gasteiger partial charge on any atom is 0.341 e. The molecule has 7 nitrogen and oxygen atoms in total. The van der Waals surface area contributed by atoms with Gasteiger partial charge in [0.1, 0.15) is 5.56 Å². The molecule has 1 aromatic heterocycles. The minimum atomic E-state index is -0.391. The van der Waals surface area contributed by atoms with Gasteiger partial charge in [-0.2, -0.15) is 5.10 Å². The van der Waals surface area contributed by atoms with Crippen molar-refractivity contribution in [2.45, 2.75) is 27.2 Å². The lowest BCUT2D eigenvalue weighted by Gasteiger charge is -2.18. The number of ether oxygens (including phenoxy) is 1. The highest BCUT2D eigenvalue weighted by atomic mass is 16.5. The molecule has 1 N–H and O–H groups in total. The number of hydrogen-bond donors (Lipinski definition) is 1. The van der Waals surface area contributed by atoms with Crippen LogP contribution in [0.25, 0.3) is 5.69 Å². The lowest BCUT2D eigenvalue weighted by atomic mass is 10.1. The second-order valence-electron chi connectivity index (χ2n) is 8.16. The predicted molar refractivity (Wildman–Crippen MR) is 125 cm³/mol. The minimum absolute atomic E-state index is 0.177. The third-order valence-corrected chi connectivity index (χ3v) is 5.79. The molecular formula is C25H28N4O3. The average molecular weight is 433 g/mol. The van der Waals surface area contributed by atoms with Gasteiger partial charge < -0.3 is 15.0 Å². The molecule has 0 spiro atoms. The number of esters is 1. The monoisotopic (exact) mass is 432 g/mol. The van der Waals surface area contributed by atoms with Crippen molar-refractivity contribution in [1.29, 1.82) is 0 Å². The van der Waals surface area contributed by atoms with E-state index in [0.717, 1.165) is 30.4 Å². The lowest BCUT2D eigenvalue weighted by Crippen LogP contribution is -2.19. The molecule has 1 aliphatic heterocycles. The van der Waals surface area contributed by atoms with Crippen molar-refractivity contribution in [2.75, 3.05) is 29.9 Å². The fraction of sp³-hybridized carbons (Fsp3) is 0.320. The molecule has 0 aliphatic carbocycles. The van der Waals surface area contributed by atoms with Crippen LogP contribution in [0.5, 0.6) is 0 Å². The van der Waals surface area contributed by atoms with Gasteiger partial charge in [-0.3, -0.25) is 4.79 Å². The van der Waals surface area contributed by atoms with Crippen molar-refractivity contribution in [3.8, 4) is 5.69 Å². The van der Waals surface area contributed by atoms with E-state index in [1.165, 1.54) is 18.3 Å². The van der Waals surface area contributed by atoms with Gasteiger partial charge >= 0.3 is 5.97 Å². The topological polar surface area (TPSA) is 76.5 Å². The first-order valence-electron chi connectivity index (χ1n) is 10.9. The van der Waals surface area contributed by atoms with Crippen LogP contribution in [0.3, 0.4) is 0 Å². The van der Waals surface area contributed by atoms with E-state index >= 15 is 0 Å². The number of hydrogen-bond acceptors (Lipinski definition) is 5. The Balaban J connectivity index is 1.42. The molecule has 0 bridgehead atoms. The number of rotatable bonds is 6. The predicted octanol–water partition coefficient (Wildman–Crippen LogP) is 4.46. The summed E-state index contributed by atoms with van der Waals surface area (Å²) >= 11 is 0. The molecule has 7 heteroatoms. The summed E-state index contributed by atoms with van der Waals surface area (Å²) in [5, 5.41) is 7.24. The molecule has 166 valence electrons. The largest absolute Gasteiger partial charge is 0.462 e. The third-order valence-electron chi connectivity index (χ3n) is 5.79. The highest BCUT2D eigenvalue weighted by Crippen LogP contribution is 2.25. The summed E-state index contributed by atoms with van der Waals surface area (Å²) in [6, 6.07) is 15.1. The first kappa shape index (κ1) is 21.6. The van der Waals surface area contributed by atoms with Gasteiger partial charge in [-0.25, -0.2) is 9.48 Å². The smallest absolute Gasteiger partial charge is 0.341 e. The van der Waals surface area contributed by atoms with Crippen molar-refractivity contribution in [3.05, 3.63) is 71.5 Å². The number of carbonyl (C=O) groups is 2. The summed E-state index contributed by atoms with van der Waals surface area (Å²) in [4.78, 5) is 27.1. The highest BCUT2D eigenvalue weighted by molar-refractivity contribution is 6.04. The van der Waals surface area contributed by atoms with Gasteiger partial charge in [0.2, 0.25) is 0 Å². The van der Waals surface area contributed by atoms with E-state index in [2.05, 4.69) is 34.4 Å². The molecule has 0 saturated carbocycles. The summed E-state index contributed by atoms with van der Waals surface area (Å²) in [6.45, 7) is 8.32. The van der Waals surface area contributed by atoms with Crippen LogP contribution < -0.4 is 10.2 Å². The minimum Gasteiger partial charge on any atom is -0.462 e. The summed E-state index contributed by atoms with van der Waals surface area (Å²) < 4.78 is 6.72. The lowest BCUT2D eigenvalue weighted by molar-refractivity contribution is 0.0525. The molecule has 1 aliphatic rings. The molecule has 3 aromatic rings. The van der Waals surface area contributed by atoms with E-state index in [9.17, 15) is 9.59 Å². The van der Waals surface area contributed by atoms with Gasteiger partial charge in [0.15, 0.2) is 0 Å². The number of anilines is 2. The quantitative estimate of drug-likeness (QED) is 0.582. The summed E-state index contributed by atoms with van der Waals surface area (Å²) in [5.41, 5.74) is 4.37. The van der Waals surface area contributed by atoms with Crippen molar-refractivity contribution in [1.82, 2.24) is 9.78 Å². The number of benzene rings is 2. The van der Waals surface area contributed by atoms with Crippen LogP contribution in [0, 0.1) is 12.8 Å². The van der Waals surface area contributed by atoms with Crippen molar-refractivity contribution < 1.29 is 14.3 Å². The number of nitrogens with one attached hydrogen (secondary N) is 1. The van der Waals surface area contributed by atoms with E-state index in [-0.39, 0.29) is 5.91 Å². The number of carbonyl (C=O) groups excluding carboxylic acids is 2. The van der Waals surface area contributed by atoms with Crippen LogP contribution in [0.1, 0.15) is 46.7 Å². The second-order valence-corrected chi connectivity index (χ2v) is 8.16. The first-order chi connectivity index (χ1) is 15.5.